The first-order valence-electron chi connectivity index (χ1n) is 11.8. The molecular weight excluding hydrogens is 432 g/mol. The third-order valence-corrected chi connectivity index (χ3v) is 7.58. The Balaban J connectivity index is 1.56. The van der Waals surface area contributed by atoms with Crippen molar-refractivity contribution in [3.63, 3.8) is 0 Å². The van der Waals surface area contributed by atoms with Gasteiger partial charge >= 0.3 is 5.97 Å². The van der Waals surface area contributed by atoms with Crippen LogP contribution in [-0.4, -0.2) is 39.1 Å². The maximum absolute atomic E-state index is 12.9. The van der Waals surface area contributed by atoms with Crippen molar-refractivity contribution in [1.29, 1.82) is 0 Å². The van der Waals surface area contributed by atoms with E-state index in [-0.39, 0.29) is 5.97 Å². The molecule has 4 aromatic rings. The Morgan fingerprint density at radius 2 is 1.97 bits per heavy atom. The monoisotopic (exact) mass is 464 g/mol. The molecule has 0 spiro atoms. The molecule has 0 aliphatic heterocycles. The lowest BCUT2D eigenvalue weighted by Crippen LogP contribution is -2.32. The van der Waals surface area contributed by atoms with E-state index in [1.165, 1.54) is 37.7 Å². The second kappa shape index (κ2) is 8.61. The fourth-order valence-corrected chi connectivity index (χ4v) is 5.53. The highest BCUT2D eigenvalue weighted by molar-refractivity contribution is 7.17. The molecule has 0 saturated heterocycles. The van der Waals surface area contributed by atoms with E-state index in [0.717, 1.165) is 39.1 Å². The standard InChI is InChI=1S/C26H32N4O2S/c1-26(2,3)25(31)32-23-18-14-16(15-30(4)17-8-6-5-7-9-17)10-11-19(18)27-21(23)22-24-20(28-29-22)12-13-33-24/h10-14,17,27H,5-9,15H2,1-4H3,(H,28,29). The van der Waals surface area contributed by atoms with Crippen molar-refractivity contribution in [3.05, 3.63) is 35.2 Å². The van der Waals surface area contributed by atoms with Crippen LogP contribution in [0.4, 0.5) is 0 Å². The molecule has 5 rings (SSSR count). The van der Waals surface area contributed by atoms with Gasteiger partial charge in [-0.05, 0) is 69.8 Å². The minimum atomic E-state index is -0.608. The summed E-state index contributed by atoms with van der Waals surface area (Å²) in [5, 5.41) is 10.6. The number of fused-ring (bicyclic) bond motifs is 2. The van der Waals surface area contributed by atoms with Gasteiger partial charge in [-0.15, -0.1) is 11.3 Å². The van der Waals surface area contributed by atoms with Crippen LogP contribution in [0.2, 0.25) is 0 Å². The maximum atomic E-state index is 12.9. The van der Waals surface area contributed by atoms with Crippen LogP contribution in [0, 0.1) is 5.41 Å². The molecule has 33 heavy (non-hydrogen) atoms. The zero-order chi connectivity index (χ0) is 23.2. The average molecular weight is 465 g/mol. The summed E-state index contributed by atoms with van der Waals surface area (Å²) in [6.45, 7) is 6.51. The number of hydrogen-bond acceptors (Lipinski definition) is 5. The first kappa shape index (κ1) is 22.2. The summed E-state index contributed by atoms with van der Waals surface area (Å²) >= 11 is 1.62. The summed E-state index contributed by atoms with van der Waals surface area (Å²) in [4.78, 5) is 18.9. The van der Waals surface area contributed by atoms with E-state index in [1.807, 2.05) is 32.2 Å². The number of ether oxygens (including phenoxy) is 1. The van der Waals surface area contributed by atoms with E-state index in [9.17, 15) is 4.79 Å². The molecule has 0 atom stereocenters. The van der Waals surface area contributed by atoms with Crippen molar-refractivity contribution in [1.82, 2.24) is 20.1 Å². The molecule has 1 aliphatic rings. The van der Waals surface area contributed by atoms with Gasteiger partial charge in [0.2, 0.25) is 0 Å². The number of benzene rings is 1. The van der Waals surface area contributed by atoms with Gasteiger partial charge in [-0.2, -0.15) is 5.10 Å². The molecule has 0 radical (unpaired) electrons. The highest BCUT2D eigenvalue weighted by Gasteiger charge is 2.28. The fraction of sp³-hybridized carbons (Fsp3) is 0.462. The third-order valence-electron chi connectivity index (χ3n) is 6.66. The van der Waals surface area contributed by atoms with E-state index >= 15 is 0 Å². The van der Waals surface area contributed by atoms with E-state index < -0.39 is 5.41 Å². The molecule has 0 unspecified atom stereocenters. The van der Waals surface area contributed by atoms with Crippen molar-refractivity contribution in [2.75, 3.05) is 7.05 Å². The molecule has 6 nitrogen and oxygen atoms in total. The Hall–Kier alpha value is -2.64. The number of esters is 1. The fourth-order valence-electron chi connectivity index (χ4n) is 4.69. The minimum absolute atomic E-state index is 0.257. The van der Waals surface area contributed by atoms with Crippen molar-refractivity contribution < 1.29 is 9.53 Å². The molecule has 1 saturated carbocycles. The average Bonchev–Trinajstić information content (AvgIpc) is 3.49. The van der Waals surface area contributed by atoms with Crippen LogP contribution in [0.3, 0.4) is 0 Å². The molecular formula is C26H32N4O2S. The Labute approximate surface area is 198 Å². The molecule has 174 valence electrons. The highest BCUT2D eigenvalue weighted by atomic mass is 32.1. The van der Waals surface area contributed by atoms with Gasteiger partial charge in [-0.25, -0.2) is 0 Å². The first-order chi connectivity index (χ1) is 15.8. The summed E-state index contributed by atoms with van der Waals surface area (Å²) in [5.74, 6) is 0.307. The zero-order valence-corrected chi connectivity index (χ0v) is 20.6. The molecule has 2 N–H and O–H groups in total. The van der Waals surface area contributed by atoms with Crippen LogP contribution in [-0.2, 0) is 11.3 Å². The minimum Gasteiger partial charge on any atom is -0.423 e. The molecule has 0 bridgehead atoms. The van der Waals surface area contributed by atoms with E-state index in [2.05, 4.69) is 45.3 Å². The van der Waals surface area contributed by atoms with Gasteiger partial charge in [0.05, 0.1) is 15.6 Å². The zero-order valence-electron chi connectivity index (χ0n) is 19.8. The number of rotatable bonds is 5. The molecule has 1 aromatic carbocycles. The van der Waals surface area contributed by atoms with Crippen LogP contribution in [0.5, 0.6) is 5.75 Å². The lowest BCUT2D eigenvalue weighted by molar-refractivity contribution is -0.142. The van der Waals surface area contributed by atoms with E-state index in [4.69, 9.17) is 4.74 Å². The summed E-state index contributed by atoms with van der Waals surface area (Å²) in [6, 6.07) is 9.08. The summed E-state index contributed by atoms with van der Waals surface area (Å²) in [7, 11) is 2.22. The van der Waals surface area contributed by atoms with Crippen molar-refractivity contribution in [2.24, 2.45) is 5.41 Å². The quantitative estimate of drug-likeness (QED) is 0.331. The summed E-state index contributed by atoms with van der Waals surface area (Å²) in [5.41, 5.74) is 4.07. The number of carbonyl (C=O) groups excluding carboxylic acids is 1. The molecule has 1 fully saturated rings. The third kappa shape index (κ3) is 4.32. The number of thiophene rings is 1. The van der Waals surface area contributed by atoms with Crippen LogP contribution < -0.4 is 4.74 Å². The number of hydrogen-bond donors (Lipinski definition) is 2. The SMILES string of the molecule is CN(Cc1ccc2[nH]c(-c3n[nH]c4ccsc34)c(OC(=O)C(C)(C)C)c2c1)C1CCCCC1. The number of nitrogens with one attached hydrogen (secondary N) is 2. The molecule has 1 aliphatic carbocycles. The lowest BCUT2D eigenvalue weighted by Gasteiger charge is -2.31. The van der Waals surface area contributed by atoms with Gasteiger partial charge in [-0.1, -0.05) is 25.3 Å². The smallest absolute Gasteiger partial charge is 0.316 e. The van der Waals surface area contributed by atoms with Crippen LogP contribution in [0.1, 0.15) is 58.4 Å². The van der Waals surface area contributed by atoms with E-state index in [0.29, 0.717) is 11.8 Å². The van der Waals surface area contributed by atoms with Crippen molar-refractivity contribution >= 4 is 38.4 Å². The predicted octanol–water partition coefficient (Wildman–Crippen LogP) is 6.49. The molecule has 3 heterocycles. The highest BCUT2D eigenvalue weighted by Crippen LogP contribution is 2.41. The van der Waals surface area contributed by atoms with Gasteiger partial charge in [0.25, 0.3) is 0 Å². The Bertz CT molecular complexity index is 1290. The predicted molar refractivity (Wildman–Crippen MR) is 135 cm³/mol. The normalized spacial score (nSPS) is 15.7. The number of aromatic nitrogens is 3. The van der Waals surface area contributed by atoms with Gasteiger partial charge < -0.3 is 9.72 Å². The number of aromatic amines is 2. The van der Waals surface area contributed by atoms with Gasteiger partial charge in [0.15, 0.2) is 5.75 Å². The second-order valence-corrected chi connectivity index (χ2v) is 11.2. The molecule has 0 amide bonds. The molecule has 7 heteroatoms. The number of nitrogens with zero attached hydrogens (tertiary/aromatic N) is 2. The molecule has 3 aromatic heterocycles. The van der Waals surface area contributed by atoms with Crippen LogP contribution in [0.25, 0.3) is 32.5 Å². The van der Waals surface area contributed by atoms with Gasteiger partial charge in [0, 0.05) is 23.5 Å². The van der Waals surface area contributed by atoms with Crippen molar-refractivity contribution in [2.45, 2.75) is 65.5 Å². The summed E-state index contributed by atoms with van der Waals surface area (Å²) < 4.78 is 7.10. The Kier molecular flexibility index (Phi) is 5.79. The van der Waals surface area contributed by atoms with Crippen molar-refractivity contribution in [3.8, 4) is 17.1 Å². The van der Waals surface area contributed by atoms with E-state index in [1.54, 1.807) is 11.3 Å². The topological polar surface area (TPSA) is 74.0 Å². The van der Waals surface area contributed by atoms with Crippen LogP contribution in [0.15, 0.2) is 29.6 Å². The maximum Gasteiger partial charge on any atom is 0.316 e. The summed E-state index contributed by atoms with van der Waals surface area (Å²) in [6.07, 6.45) is 6.55. The first-order valence-corrected chi connectivity index (χ1v) is 12.7. The Morgan fingerprint density at radius 3 is 2.73 bits per heavy atom. The van der Waals surface area contributed by atoms with Gasteiger partial charge in [-0.3, -0.25) is 14.8 Å². The lowest BCUT2D eigenvalue weighted by atomic mass is 9.94. The number of H-pyrrole nitrogens is 2. The number of carbonyl (C=O) groups is 1. The Morgan fingerprint density at radius 1 is 1.18 bits per heavy atom. The van der Waals surface area contributed by atoms with Crippen LogP contribution >= 0.6 is 11.3 Å². The van der Waals surface area contributed by atoms with Gasteiger partial charge in [0.1, 0.15) is 11.4 Å². The largest absolute Gasteiger partial charge is 0.423 e. The second-order valence-electron chi connectivity index (χ2n) is 10.3.